The summed E-state index contributed by atoms with van der Waals surface area (Å²) in [7, 11) is 3.46. The van der Waals surface area contributed by atoms with E-state index >= 15 is 0 Å². The van der Waals surface area contributed by atoms with Gasteiger partial charge in [-0.2, -0.15) is 5.26 Å². The molecule has 1 amide bonds. The van der Waals surface area contributed by atoms with Crippen LogP contribution in [-0.4, -0.2) is 44.7 Å². The minimum Gasteiger partial charge on any atom is -0.383 e. The van der Waals surface area contributed by atoms with Crippen LogP contribution in [0.4, 0.5) is 5.69 Å². The first-order chi connectivity index (χ1) is 8.67. The van der Waals surface area contributed by atoms with Gasteiger partial charge in [-0.1, -0.05) is 12.1 Å². The van der Waals surface area contributed by atoms with E-state index in [1.54, 1.807) is 31.4 Å². The van der Waals surface area contributed by atoms with E-state index in [2.05, 4.69) is 5.32 Å². The Kier molecular flexibility index (Phi) is 5.85. The molecule has 0 saturated carbocycles. The Hall–Kier alpha value is -1.90. The number of nitrogens with zero attached hydrogens (tertiary/aromatic N) is 2. The van der Waals surface area contributed by atoms with Crippen molar-refractivity contribution in [3.8, 4) is 6.07 Å². The molecule has 1 N–H and O–H groups in total. The fraction of sp³-hybridized carbons (Fsp3) is 0.385. The van der Waals surface area contributed by atoms with Crippen molar-refractivity contribution in [2.75, 3.05) is 39.2 Å². The number of anilines is 1. The second kappa shape index (κ2) is 7.43. The maximum Gasteiger partial charge on any atom is 0.238 e. The number of amides is 1. The van der Waals surface area contributed by atoms with Gasteiger partial charge in [0.2, 0.25) is 5.91 Å². The van der Waals surface area contributed by atoms with Crippen molar-refractivity contribution in [1.82, 2.24) is 4.90 Å². The Morgan fingerprint density at radius 3 is 2.89 bits per heavy atom. The highest BCUT2D eigenvalue weighted by molar-refractivity contribution is 5.93. The van der Waals surface area contributed by atoms with Crippen molar-refractivity contribution in [3.05, 3.63) is 29.8 Å². The topological polar surface area (TPSA) is 65.4 Å². The number of methoxy groups -OCH3 is 1. The number of nitriles is 1. The monoisotopic (exact) mass is 247 g/mol. The Balaban J connectivity index is 2.52. The van der Waals surface area contributed by atoms with Crippen molar-refractivity contribution in [2.45, 2.75) is 0 Å². The zero-order chi connectivity index (χ0) is 13.4. The summed E-state index contributed by atoms with van der Waals surface area (Å²) in [6.45, 7) is 1.53. The molecular weight excluding hydrogens is 230 g/mol. The highest BCUT2D eigenvalue weighted by Gasteiger charge is 2.08. The lowest BCUT2D eigenvalue weighted by Gasteiger charge is -2.15. The van der Waals surface area contributed by atoms with Crippen LogP contribution in [0, 0.1) is 11.3 Å². The molecule has 1 aromatic carbocycles. The van der Waals surface area contributed by atoms with Crippen LogP contribution in [0.3, 0.4) is 0 Å². The second-order valence-electron chi connectivity index (χ2n) is 3.94. The van der Waals surface area contributed by atoms with E-state index in [0.29, 0.717) is 24.4 Å². The summed E-state index contributed by atoms with van der Waals surface area (Å²) in [6, 6.07) is 8.97. The third-order valence-electron chi connectivity index (χ3n) is 2.41. The van der Waals surface area contributed by atoms with Crippen molar-refractivity contribution < 1.29 is 9.53 Å². The average Bonchev–Trinajstić information content (AvgIpc) is 2.36. The van der Waals surface area contributed by atoms with Crippen LogP contribution in [0.5, 0.6) is 0 Å². The van der Waals surface area contributed by atoms with Crippen LogP contribution >= 0.6 is 0 Å². The fourth-order valence-corrected chi connectivity index (χ4v) is 1.45. The van der Waals surface area contributed by atoms with Gasteiger partial charge in [-0.15, -0.1) is 0 Å². The van der Waals surface area contributed by atoms with Crippen molar-refractivity contribution in [3.63, 3.8) is 0 Å². The maximum absolute atomic E-state index is 11.8. The number of hydrogen-bond acceptors (Lipinski definition) is 4. The molecule has 5 heteroatoms. The van der Waals surface area contributed by atoms with E-state index in [-0.39, 0.29) is 12.5 Å². The third kappa shape index (κ3) is 4.53. The first kappa shape index (κ1) is 14.2. The molecule has 5 nitrogen and oxygen atoms in total. The number of rotatable bonds is 6. The van der Waals surface area contributed by atoms with E-state index in [1.807, 2.05) is 18.0 Å². The molecule has 0 spiro atoms. The predicted octanol–water partition coefficient (Wildman–Crippen LogP) is 1.07. The lowest BCUT2D eigenvalue weighted by Crippen LogP contribution is -2.32. The van der Waals surface area contributed by atoms with Crippen molar-refractivity contribution >= 4 is 11.6 Å². The highest BCUT2D eigenvalue weighted by Crippen LogP contribution is 2.13. The smallest absolute Gasteiger partial charge is 0.238 e. The largest absolute Gasteiger partial charge is 0.383 e. The van der Waals surface area contributed by atoms with E-state index in [4.69, 9.17) is 10.00 Å². The van der Waals surface area contributed by atoms with E-state index in [0.717, 1.165) is 0 Å². The second-order valence-corrected chi connectivity index (χ2v) is 3.94. The Labute approximate surface area is 107 Å². The molecular formula is C13H17N3O2. The van der Waals surface area contributed by atoms with Crippen LogP contribution in [0.1, 0.15) is 5.56 Å². The van der Waals surface area contributed by atoms with Crippen LogP contribution < -0.4 is 5.32 Å². The molecule has 96 valence electrons. The average molecular weight is 247 g/mol. The summed E-state index contributed by atoms with van der Waals surface area (Å²) in [5.41, 5.74) is 1.01. The zero-order valence-corrected chi connectivity index (χ0v) is 10.6. The van der Waals surface area contributed by atoms with E-state index in [1.165, 1.54) is 0 Å². The van der Waals surface area contributed by atoms with E-state index < -0.39 is 0 Å². The lowest BCUT2D eigenvalue weighted by atomic mass is 10.2. The molecule has 0 aliphatic carbocycles. The van der Waals surface area contributed by atoms with Gasteiger partial charge in [0.15, 0.2) is 0 Å². The van der Waals surface area contributed by atoms with Gasteiger partial charge in [0.25, 0.3) is 0 Å². The normalized spacial score (nSPS) is 10.1. The Morgan fingerprint density at radius 1 is 1.50 bits per heavy atom. The minimum absolute atomic E-state index is 0.142. The number of para-hydroxylation sites is 1. The molecule has 0 aromatic heterocycles. The quantitative estimate of drug-likeness (QED) is 0.816. The molecule has 1 rings (SSSR count). The van der Waals surface area contributed by atoms with Crippen LogP contribution in [0.2, 0.25) is 0 Å². The number of likely N-dealkylation sites (N-methyl/N-ethyl adjacent to an activating group) is 1. The summed E-state index contributed by atoms with van der Waals surface area (Å²) in [5, 5.41) is 11.6. The molecule has 0 bridgehead atoms. The summed E-state index contributed by atoms with van der Waals surface area (Å²) in [4.78, 5) is 13.6. The number of ether oxygens (including phenoxy) is 1. The molecule has 18 heavy (non-hydrogen) atoms. The van der Waals surface area contributed by atoms with E-state index in [9.17, 15) is 4.79 Å². The maximum atomic E-state index is 11.8. The standard InChI is InChI=1S/C13H17N3O2/c1-16(7-8-18-2)10-13(17)15-12-6-4-3-5-11(12)9-14/h3-6H,7-8,10H2,1-2H3,(H,15,17). The summed E-state index contributed by atoms with van der Waals surface area (Å²) < 4.78 is 4.93. The molecule has 1 aromatic rings. The third-order valence-corrected chi connectivity index (χ3v) is 2.41. The summed E-state index contributed by atoms with van der Waals surface area (Å²) in [6.07, 6.45) is 0. The Bertz CT molecular complexity index is 440. The number of carbonyl (C=O) groups is 1. The van der Waals surface area contributed by atoms with Gasteiger partial charge in [0, 0.05) is 13.7 Å². The van der Waals surface area contributed by atoms with Gasteiger partial charge in [-0.05, 0) is 19.2 Å². The summed E-state index contributed by atoms with van der Waals surface area (Å²) >= 11 is 0. The van der Waals surface area contributed by atoms with Gasteiger partial charge in [-0.3, -0.25) is 9.69 Å². The van der Waals surface area contributed by atoms with Gasteiger partial charge >= 0.3 is 0 Å². The molecule has 0 aliphatic heterocycles. The van der Waals surface area contributed by atoms with Crippen molar-refractivity contribution in [2.24, 2.45) is 0 Å². The number of nitrogens with one attached hydrogen (secondary N) is 1. The molecule has 0 fully saturated rings. The number of hydrogen-bond donors (Lipinski definition) is 1. The highest BCUT2D eigenvalue weighted by atomic mass is 16.5. The van der Waals surface area contributed by atoms with Crippen LogP contribution in [-0.2, 0) is 9.53 Å². The molecule has 0 saturated heterocycles. The first-order valence-corrected chi connectivity index (χ1v) is 5.64. The predicted molar refractivity (Wildman–Crippen MR) is 69.2 cm³/mol. The van der Waals surface area contributed by atoms with Crippen LogP contribution in [0.25, 0.3) is 0 Å². The molecule has 0 atom stereocenters. The van der Waals surface area contributed by atoms with Crippen LogP contribution in [0.15, 0.2) is 24.3 Å². The van der Waals surface area contributed by atoms with Gasteiger partial charge in [0.05, 0.1) is 24.4 Å². The summed E-state index contributed by atoms with van der Waals surface area (Å²) in [5.74, 6) is -0.142. The Morgan fingerprint density at radius 2 is 2.22 bits per heavy atom. The molecule has 0 unspecified atom stereocenters. The molecule has 0 heterocycles. The fourth-order valence-electron chi connectivity index (χ4n) is 1.45. The lowest BCUT2D eigenvalue weighted by molar-refractivity contribution is -0.117. The zero-order valence-electron chi connectivity index (χ0n) is 10.6. The number of carbonyl (C=O) groups excluding carboxylic acids is 1. The number of benzene rings is 1. The molecule has 0 aliphatic rings. The SMILES string of the molecule is COCCN(C)CC(=O)Nc1ccccc1C#N. The molecule has 0 radical (unpaired) electrons. The van der Waals surface area contributed by atoms with Gasteiger partial charge < -0.3 is 10.1 Å². The minimum atomic E-state index is -0.142. The van der Waals surface area contributed by atoms with Gasteiger partial charge in [-0.25, -0.2) is 0 Å². The first-order valence-electron chi connectivity index (χ1n) is 5.64. The van der Waals surface area contributed by atoms with Gasteiger partial charge in [0.1, 0.15) is 6.07 Å². The van der Waals surface area contributed by atoms with Crippen molar-refractivity contribution in [1.29, 1.82) is 5.26 Å².